The molecule has 0 saturated heterocycles. The number of nitrogens with one attached hydrogen (secondary N) is 1. The molecule has 0 aliphatic carbocycles. The maximum atomic E-state index is 5.32. The van der Waals surface area contributed by atoms with Gasteiger partial charge in [-0.15, -0.1) is 0 Å². The average Bonchev–Trinajstić information content (AvgIpc) is 2.69. The number of furan rings is 1. The molecule has 1 N–H and O–H groups in total. The summed E-state index contributed by atoms with van der Waals surface area (Å²) in [7, 11) is 4.24. The van der Waals surface area contributed by atoms with E-state index in [-0.39, 0.29) is 0 Å². The normalized spacial score (nSPS) is 13.2. The molecule has 0 spiro atoms. The first-order valence-corrected chi connectivity index (χ1v) is 6.09. The van der Waals surface area contributed by atoms with Crippen molar-refractivity contribution in [3.8, 4) is 0 Å². The summed E-state index contributed by atoms with van der Waals surface area (Å²) in [5.41, 5.74) is 0. The molecule has 92 valence electrons. The number of unbranched alkanes of at least 4 members (excludes halogenated alkanes) is 1. The van der Waals surface area contributed by atoms with Crippen LogP contribution in [0.25, 0.3) is 0 Å². The molecule has 3 heteroatoms. The third-order valence-corrected chi connectivity index (χ3v) is 2.61. The number of hydrogen-bond acceptors (Lipinski definition) is 3. The lowest BCUT2D eigenvalue weighted by Crippen LogP contribution is -2.29. The topological polar surface area (TPSA) is 28.4 Å². The molecule has 1 atom stereocenters. The largest absolute Gasteiger partial charge is 0.469 e. The number of hydrogen-bond donors (Lipinski definition) is 1. The van der Waals surface area contributed by atoms with Crippen molar-refractivity contribution in [2.75, 3.05) is 27.2 Å². The first-order chi connectivity index (χ1) is 7.68. The van der Waals surface area contributed by atoms with Gasteiger partial charge in [-0.1, -0.05) is 0 Å². The minimum Gasteiger partial charge on any atom is -0.469 e. The van der Waals surface area contributed by atoms with E-state index in [1.165, 1.54) is 19.4 Å². The third kappa shape index (κ3) is 5.93. The van der Waals surface area contributed by atoms with Crippen molar-refractivity contribution in [3.05, 3.63) is 24.2 Å². The van der Waals surface area contributed by atoms with Crippen LogP contribution in [-0.4, -0.2) is 38.1 Å². The van der Waals surface area contributed by atoms with Crippen molar-refractivity contribution in [2.45, 2.75) is 32.2 Å². The van der Waals surface area contributed by atoms with Gasteiger partial charge in [0.15, 0.2) is 0 Å². The van der Waals surface area contributed by atoms with Gasteiger partial charge in [-0.3, -0.25) is 0 Å². The predicted molar refractivity (Wildman–Crippen MR) is 67.7 cm³/mol. The fourth-order valence-electron chi connectivity index (χ4n) is 1.70. The number of rotatable bonds is 8. The molecule has 16 heavy (non-hydrogen) atoms. The molecule has 0 amide bonds. The molecule has 1 heterocycles. The summed E-state index contributed by atoms with van der Waals surface area (Å²) in [6.45, 7) is 4.47. The summed E-state index contributed by atoms with van der Waals surface area (Å²) in [4.78, 5) is 2.23. The highest BCUT2D eigenvalue weighted by Crippen LogP contribution is 2.03. The van der Waals surface area contributed by atoms with Crippen molar-refractivity contribution in [1.29, 1.82) is 0 Å². The minimum atomic E-state index is 0.491. The van der Waals surface area contributed by atoms with E-state index in [1.54, 1.807) is 6.26 Å². The Morgan fingerprint density at radius 2 is 2.19 bits per heavy atom. The summed E-state index contributed by atoms with van der Waals surface area (Å²) in [6.07, 6.45) is 5.20. The lowest BCUT2D eigenvalue weighted by atomic mass is 10.2. The zero-order chi connectivity index (χ0) is 11.8. The van der Waals surface area contributed by atoms with Gasteiger partial charge in [-0.2, -0.15) is 0 Å². The summed E-state index contributed by atoms with van der Waals surface area (Å²) in [5, 5.41) is 3.52. The first-order valence-electron chi connectivity index (χ1n) is 6.09. The van der Waals surface area contributed by atoms with Gasteiger partial charge < -0.3 is 14.6 Å². The van der Waals surface area contributed by atoms with Gasteiger partial charge in [-0.25, -0.2) is 0 Å². The molecule has 0 aliphatic rings. The predicted octanol–water partition coefficient (Wildman–Crippen LogP) is 2.14. The molecule has 1 aromatic rings. The van der Waals surface area contributed by atoms with Crippen LogP contribution in [0.4, 0.5) is 0 Å². The Morgan fingerprint density at radius 1 is 1.38 bits per heavy atom. The lowest BCUT2D eigenvalue weighted by Gasteiger charge is -2.13. The quantitative estimate of drug-likeness (QED) is 0.686. The summed E-state index contributed by atoms with van der Waals surface area (Å²) >= 11 is 0. The van der Waals surface area contributed by atoms with Crippen molar-refractivity contribution < 1.29 is 4.42 Å². The van der Waals surface area contributed by atoms with Crippen LogP contribution in [0.15, 0.2) is 22.8 Å². The van der Waals surface area contributed by atoms with Crippen molar-refractivity contribution in [1.82, 2.24) is 10.2 Å². The Labute approximate surface area is 98.8 Å². The second-order valence-corrected chi connectivity index (χ2v) is 4.65. The SMILES string of the molecule is CC(Cc1ccco1)NCCCCN(C)C. The van der Waals surface area contributed by atoms with Crippen LogP contribution in [0.3, 0.4) is 0 Å². The molecule has 1 aromatic heterocycles. The second kappa shape index (κ2) is 7.47. The molecule has 0 radical (unpaired) electrons. The standard InChI is InChI=1S/C13H24N2O/c1-12(11-13-7-6-10-16-13)14-8-4-5-9-15(2)3/h6-7,10,12,14H,4-5,8-9,11H2,1-3H3. The van der Waals surface area contributed by atoms with Gasteiger partial charge >= 0.3 is 0 Å². The van der Waals surface area contributed by atoms with Crippen molar-refractivity contribution in [3.63, 3.8) is 0 Å². The third-order valence-electron chi connectivity index (χ3n) is 2.61. The molecule has 3 nitrogen and oxygen atoms in total. The molecule has 0 saturated carbocycles. The fraction of sp³-hybridized carbons (Fsp3) is 0.692. The molecule has 0 bridgehead atoms. The Kier molecular flexibility index (Phi) is 6.19. The molecular formula is C13H24N2O. The van der Waals surface area contributed by atoms with Gasteiger partial charge in [0.05, 0.1) is 6.26 Å². The summed E-state index contributed by atoms with van der Waals surface area (Å²) in [6, 6.07) is 4.47. The summed E-state index contributed by atoms with van der Waals surface area (Å²) < 4.78 is 5.32. The molecule has 0 aromatic carbocycles. The Morgan fingerprint density at radius 3 is 2.81 bits per heavy atom. The molecule has 1 rings (SSSR count). The van der Waals surface area contributed by atoms with E-state index in [1.807, 2.05) is 12.1 Å². The van der Waals surface area contributed by atoms with E-state index < -0.39 is 0 Å². The van der Waals surface area contributed by atoms with E-state index in [4.69, 9.17) is 4.42 Å². The highest BCUT2D eigenvalue weighted by Gasteiger charge is 2.04. The highest BCUT2D eigenvalue weighted by atomic mass is 16.3. The molecular weight excluding hydrogens is 200 g/mol. The second-order valence-electron chi connectivity index (χ2n) is 4.65. The smallest absolute Gasteiger partial charge is 0.105 e. The van der Waals surface area contributed by atoms with Crippen LogP contribution in [0.1, 0.15) is 25.5 Å². The average molecular weight is 224 g/mol. The van der Waals surface area contributed by atoms with Gasteiger partial charge in [0, 0.05) is 12.5 Å². The maximum Gasteiger partial charge on any atom is 0.105 e. The Hall–Kier alpha value is -0.800. The fourth-order valence-corrected chi connectivity index (χ4v) is 1.70. The van der Waals surface area contributed by atoms with Crippen LogP contribution in [-0.2, 0) is 6.42 Å². The molecule has 0 fully saturated rings. The van der Waals surface area contributed by atoms with E-state index in [2.05, 4.69) is 31.2 Å². The maximum absolute atomic E-state index is 5.32. The van der Waals surface area contributed by atoms with Crippen LogP contribution < -0.4 is 5.32 Å². The highest BCUT2D eigenvalue weighted by molar-refractivity contribution is 4.99. The van der Waals surface area contributed by atoms with Crippen molar-refractivity contribution >= 4 is 0 Å². The van der Waals surface area contributed by atoms with E-state index in [9.17, 15) is 0 Å². The monoisotopic (exact) mass is 224 g/mol. The molecule has 0 aliphatic heterocycles. The summed E-state index contributed by atoms with van der Waals surface area (Å²) in [5.74, 6) is 1.06. The zero-order valence-electron chi connectivity index (χ0n) is 10.7. The zero-order valence-corrected chi connectivity index (χ0v) is 10.7. The number of nitrogens with zero attached hydrogens (tertiary/aromatic N) is 1. The van der Waals surface area contributed by atoms with E-state index in [0.29, 0.717) is 6.04 Å². The lowest BCUT2D eigenvalue weighted by molar-refractivity contribution is 0.386. The van der Waals surface area contributed by atoms with Crippen LogP contribution in [0.2, 0.25) is 0 Å². The van der Waals surface area contributed by atoms with Gasteiger partial charge in [0.2, 0.25) is 0 Å². The van der Waals surface area contributed by atoms with Gasteiger partial charge in [-0.05, 0) is 59.1 Å². The van der Waals surface area contributed by atoms with Crippen LogP contribution in [0, 0.1) is 0 Å². The van der Waals surface area contributed by atoms with Crippen molar-refractivity contribution in [2.24, 2.45) is 0 Å². The minimum absolute atomic E-state index is 0.491. The van der Waals surface area contributed by atoms with Crippen LogP contribution in [0.5, 0.6) is 0 Å². The van der Waals surface area contributed by atoms with Gasteiger partial charge in [0.25, 0.3) is 0 Å². The van der Waals surface area contributed by atoms with E-state index in [0.717, 1.165) is 18.7 Å². The van der Waals surface area contributed by atoms with Crippen LogP contribution >= 0.6 is 0 Å². The Bertz CT molecular complexity index is 257. The Balaban J connectivity index is 2.00. The first kappa shape index (κ1) is 13.3. The molecule has 1 unspecified atom stereocenters. The van der Waals surface area contributed by atoms with E-state index >= 15 is 0 Å². The van der Waals surface area contributed by atoms with Gasteiger partial charge in [0.1, 0.15) is 5.76 Å².